The molecule has 0 aromatic heterocycles. The van der Waals surface area contributed by atoms with Crippen LogP contribution in [0.4, 0.5) is 11.4 Å². The third-order valence-corrected chi connectivity index (χ3v) is 13.2. The Kier molecular flexibility index (Phi) is 10.0. The number of carboxylic acids is 2. The van der Waals surface area contributed by atoms with Crippen LogP contribution in [0.25, 0.3) is 0 Å². The number of benzene rings is 6. The molecule has 2 aliphatic carbocycles. The number of carbonyl (C=O) groups is 4. The molecule has 2 amide bonds. The van der Waals surface area contributed by atoms with E-state index in [0.29, 0.717) is 46.0 Å². The lowest BCUT2D eigenvalue weighted by Gasteiger charge is -2.19. The molecule has 0 bridgehead atoms. The minimum absolute atomic E-state index is 0.0282. The zero-order valence-corrected chi connectivity index (χ0v) is 34.6. The summed E-state index contributed by atoms with van der Waals surface area (Å²) in [5.41, 5.74) is 6.39. The average Bonchev–Trinajstić information content (AvgIpc) is 4.15. The van der Waals surface area contributed by atoms with Crippen LogP contribution in [0.5, 0.6) is 0 Å². The second kappa shape index (κ2) is 15.1. The summed E-state index contributed by atoms with van der Waals surface area (Å²) in [5, 5.41) is 21.1. The molecule has 4 atom stereocenters. The Hall–Kier alpha value is -5.64. The fourth-order valence-electron chi connectivity index (χ4n) is 9.21. The summed E-state index contributed by atoms with van der Waals surface area (Å²) >= 11 is 24.6. The van der Waals surface area contributed by atoms with Crippen molar-refractivity contribution in [2.24, 2.45) is 0 Å². The van der Waals surface area contributed by atoms with Crippen molar-refractivity contribution in [2.75, 3.05) is 9.80 Å². The van der Waals surface area contributed by atoms with Gasteiger partial charge in [-0.05, 0) is 131 Å². The van der Waals surface area contributed by atoms with Crippen LogP contribution in [-0.2, 0) is 33.5 Å². The summed E-state index contributed by atoms with van der Waals surface area (Å²) in [6, 6.07) is 39.7. The highest BCUT2D eigenvalue weighted by atomic mass is 35.5. The number of hydrogen-bond acceptors (Lipinski definition) is 4. The number of rotatable bonds is 8. The second-order valence-corrected chi connectivity index (χ2v) is 17.4. The molecule has 8 nitrogen and oxygen atoms in total. The Morgan fingerprint density at radius 2 is 0.883 bits per heavy atom. The molecular formula is C48H34Cl4N2O6. The summed E-state index contributed by atoms with van der Waals surface area (Å²) in [4.78, 5) is 53.5. The van der Waals surface area contributed by atoms with E-state index in [-0.39, 0.29) is 34.8 Å². The van der Waals surface area contributed by atoms with Crippen molar-refractivity contribution in [3.05, 3.63) is 198 Å². The van der Waals surface area contributed by atoms with Gasteiger partial charge in [0.1, 0.15) is 0 Å². The van der Waals surface area contributed by atoms with E-state index in [4.69, 9.17) is 46.4 Å². The molecule has 2 N–H and O–H groups in total. The van der Waals surface area contributed by atoms with E-state index in [1.54, 1.807) is 58.3 Å². The van der Waals surface area contributed by atoms with Crippen LogP contribution >= 0.6 is 46.4 Å². The lowest BCUT2D eigenvalue weighted by Crippen LogP contribution is -2.32. The average molecular weight is 877 g/mol. The van der Waals surface area contributed by atoms with Gasteiger partial charge in [-0.2, -0.15) is 0 Å². The zero-order chi connectivity index (χ0) is 42.1. The number of halogens is 4. The molecule has 0 unspecified atom stereocenters. The molecule has 12 heteroatoms. The minimum atomic E-state index is -0.988. The maximum atomic E-state index is 13.7. The highest BCUT2D eigenvalue weighted by Crippen LogP contribution is 2.68. The van der Waals surface area contributed by atoms with E-state index in [1.807, 2.05) is 84.9 Å². The molecule has 0 radical (unpaired) electrons. The summed E-state index contributed by atoms with van der Waals surface area (Å²) in [7, 11) is 0. The van der Waals surface area contributed by atoms with Crippen LogP contribution in [0.15, 0.2) is 133 Å². The van der Waals surface area contributed by atoms with Crippen molar-refractivity contribution in [1.29, 1.82) is 0 Å². The largest absolute Gasteiger partial charge is 0.478 e. The molecule has 0 saturated heterocycles. The predicted molar refractivity (Wildman–Crippen MR) is 233 cm³/mol. The van der Waals surface area contributed by atoms with Gasteiger partial charge in [-0.25, -0.2) is 9.59 Å². The van der Waals surface area contributed by atoms with Crippen LogP contribution in [0.1, 0.15) is 78.8 Å². The zero-order valence-electron chi connectivity index (χ0n) is 31.6. The van der Waals surface area contributed by atoms with E-state index in [1.165, 1.54) is 0 Å². The number of nitrogens with zero attached hydrogens (tertiary/aromatic N) is 2. The Morgan fingerprint density at radius 3 is 1.25 bits per heavy atom. The molecule has 2 spiro atoms. The van der Waals surface area contributed by atoms with Gasteiger partial charge in [0.15, 0.2) is 0 Å². The summed E-state index contributed by atoms with van der Waals surface area (Å²) in [6.45, 7) is 0.618. The van der Waals surface area contributed by atoms with Gasteiger partial charge < -0.3 is 20.0 Å². The molecular weight excluding hydrogens is 842 g/mol. The number of anilines is 2. The summed E-state index contributed by atoms with van der Waals surface area (Å²) in [6.07, 6.45) is 1.43. The first-order chi connectivity index (χ1) is 28.8. The molecule has 6 aromatic rings. The predicted octanol–water partition coefficient (Wildman–Crippen LogP) is 11.3. The Balaban J connectivity index is 0.000000154. The molecule has 6 aromatic carbocycles. The minimum Gasteiger partial charge on any atom is -0.478 e. The van der Waals surface area contributed by atoms with Gasteiger partial charge in [0.05, 0.1) is 35.0 Å². The SMILES string of the molecule is O=C(O)c1cccc(CN2C(=O)[C@@]3(C[C@H]3c3ccc(Cl)cc3)c3cc(Cl)ccc32)c1.O=C(O)c1cccc(CN2C(=O)[C@]3(C[C@@H]3c3ccc(Cl)cc3)c3cc(Cl)ccc32)c1. The summed E-state index contributed by atoms with van der Waals surface area (Å²) in [5.74, 6) is -1.79. The molecule has 2 fully saturated rings. The molecule has 10 rings (SSSR count). The van der Waals surface area contributed by atoms with Crippen LogP contribution in [0.3, 0.4) is 0 Å². The van der Waals surface area contributed by atoms with Gasteiger partial charge in [0, 0.05) is 43.3 Å². The van der Waals surface area contributed by atoms with Gasteiger partial charge in [0.2, 0.25) is 11.8 Å². The van der Waals surface area contributed by atoms with Crippen LogP contribution < -0.4 is 9.80 Å². The Labute approximate surface area is 365 Å². The van der Waals surface area contributed by atoms with E-state index >= 15 is 0 Å². The molecule has 2 aliphatic heterocycles. The molecule has 2 saturated carbocycles. The van der Waals surface area contributed by atoms with Gasteiger partial charge in [-0.1, -0.05) is 94.9 Å². The number of amides is 2. The van der Waals surface area contributed by atoms with Crippen LogP contribution in [-0.4, -0.2) is 34.0 Å². The highest BCUT2D eigenvalue weighted by molar-refractivity contribution is 6.32. The normalized spacial score (nSPS) is 21.7. The van der Waals surface area contributed by atoms with Crippen molar-refractivity contribution < 1.29 is 29.4 Å². The third-order valence-electron chi connectivity index (χ3n) is 12.2. The first-order valence-corrected chi connectivity index (χ1v) is 20.7. The van der Waals surface area contributed by atoms with E-state index in [2.05, 4.69) is 0 Å². The molecule has 300 valence electrons. The third kappa shape index (κ3) is 6.82. The number of aromatic carboxylic acids is 2. The van der Waals surface area contributed by atoms with Gasteiger partial charge in [-0.3, -0.25) is 9.59 Å². The van der Waals surface area contributed by atoms with Crippen molar-refractivity contribution in [3.63, 3.8) is 0 Å². The molecule has 4 aliphatic rings. The second-order valence-electron chi connectivity index (χ2n) is 15.7. The number of hydrogen-bond donors (Lipinski definition) is 2. The van der Waals surface area contributed by atoms with Crippen molar-refractivity contribution >= 4 is 81.5 Å². The Morgan fingerprint density at radius 1 is 0.517 bits per heavy atom. The Bertz CT molecular complexity index is 2570. The van der Waals surface area contributed by atoms with Crippen molar-refractivity contribution in [1.82, 2.24) is 0 Å². The fraction of sp³-hybridized carbons (Fsp3) is 0.167. The molecule has 60 heavy (non-hydrogen) atoms. The van der Waals surface area contributed by atoms with E-state index < -0.39 is 22.8 Å². The monoisotopic (exact) mass is 874 g/mol. The van der Waals surface area contributed by atoms with Gasteiger partial charge in [0.25, 0.3) is 0 Å². The summed E-state index contributed by atoms with van der Waals surface area (Å²) < 4.78 is 0. The lowest BCUT2D eigenvalue weighted by atomic mass is 9.92. The smallest absolute Gasteiger partial charge is 0.335 e. The number of carboxylic acid groups (broad SMARTS) is 2. The number of fused-ring (bicyclic) bond motifs is 4. The lowest BCUT2D eigenvalue weighted by molar-refractivity contribution is -0.121. The first-order valence-electron chi connectivity index (χ1n) is 19.2. The van der Waals surface area contributed by atoms with Gasteiger partial charge in [-0.15, -0.1) is 0 Å². The topological polar surface area (TPSA) is 115 Å². The van der Waals surface area contributed by atoms with Crippen molar-refractivity contribution in [3.8, 4) is 0 Å². The van der Waals surface area contributed by atoms with Crippen LogP contribution in [0.2, 0.25) is 20.1 Å². The van der Waals surface area contributed by atoms with E-state index in [9.17, 15) is 29.4 Å². The standard InChI is InChI=1S/2C24H17Cl2NO3/c2*25-17-6-4-15(5-7-17)20-12-24(20)19-11-18(26)8-9-21(19)27(23(24)30)13-14-2-1-3-16(10-14)22(28)29/h2*1-11,20H,12-13H2,(H,28,29)/t2*20-,24-/m10/s1. The van der Waals surface area contributed by atoms with Gasteiger partial charge >= 0.3 is 11.9 Å². The van der Waals surface area contributed by atoms with E-state index in [0.717, 1.165) is 44.8 Å². The van der Waals surface area contributed by atoms with Crippen molar-refractivity contribution in [2.45, 2.75) is 48.6 Å². The first kappa shape index (κ1) is 39.8. The maximum Gasteiger partial charge on any atom is 0.335 e. The fourth-order valence-corrected chi connectivity index (χ4v) is 9.80. The highest BCUT2D eigenvalue weighted by Gasteiger charge is 2.68. The molecule has 2 heterocycles. The number of carbonyl (C=O) groups excluding carboxylic acids is 2. The van der Waals surface area contributed by atoms with Crippen LogP contribution in [0, 0.1) is 0 Å². The quantitative estimate of drug-likeness (QED) is 0.157. The maximum absolute atomic E-state index is 13.7.